The van der Waals surface area contributed by atoms with Crippen LogP contribution in [0.15, 0.2) is 33.5 Å². The summed E-state index contributed by atoms with van der Waals surface area (Å²) in [4.78, 5) is 8.74. The van der Waals surface area contributed by atoms with E-state index < -0.39 is 0 Å². The molecule has 1 N–H and O–H groups in total. The Hall–Kier alpha value is -1.88. The molecular formula is C14H15N3OS. The number of aromatic nitrogens is 2. The molecule has 0 amide bonds. The summed E-state index contributed by atoms with van der Waals surface area (Å²) < 4.78 is 5.69. The second-order valence-corrected chi connectivity index (χ2v) is 5.44. The van der Waals surface area contributed by atoms with E-state index in [9.17, 15) is 0 Å². The van der Waals surface area contributed by atoms with Gasteiger partial charge in [0.2, 0.25) is 0 Å². The van der Waals surface area contributed by atoms with E-state index in [-0.39, 0.29) is 0 Å². The van der Waals surface area contributed by atoms with Crippen molar-refractivity contribution in [2.75, 3.05) is 5.32 Å². The summed E-state index contributed by atoms with van der Waals surface area (Å²) >= 11 is 1.61. The van der Waals surface area contributed by atoms with Gasteiger partial charge in [0, 0.05) is 17.0 Å². The first-order valence-corrected chi connectivity index (χ1v) is 7.18. The van der Waals surface area contributed by atoms with Crippen molar-refractivity contribution in [3.63, 3.8) is 0 Å². The Balaban J connectivity index is 1.80. The van der Waals surface area contributed by atoms with Gasteiger partial charge in [0.15, 0.2) is 11.5 Å². The van der Waals surface area contributed by atoms with Gasteiger partial charge in [-0.25, -0.2) is 9.97 Å². The molecule has 4 nitrogen and oxygen atoms in total. The molecule has 0 unspecified atom stereocenters. The van der Waals surface area contributed by atoms with Crippen LogP contribution in [0, 0.1) is 0 Å². The van der Waals surface area contributed by atoms with E-state index in [1.165, 1.54) is 0 Å². The van der Waals surface area contributed by atoms with E-state index in [1.807, 2.05) is 29.1 Å². The van der Waals surface area contributed by atoms with Gasteiger partial charge in [0.05, 0.1) is 17.7 Å². The Morgan fingerprint density at radius 2 is 2.26 bits per heavy atom. The van der Waals surface area contributed by atoms with Crippen molar-refractivity contribution in [1.82, 2.24) is 9.97 Å². The number of hydrogen-bond acceptors (Lipinski definition) is 5. The molecule has 0 bridgehead atoms. The van der Waals surface area contributed by atoms with Crippen molar-refractivity contribution < 1.29 is 4.42 Å². The predicted octanol–water partition coefficient (Wildman–Crippen LogP) is 4.02. The third kappa shape index (κ3) is 2.61. The van der Waals surface area contributed by atoms with Crippen LogP contribution in [0.2, 0.25) is 0 Å². The summed E-state index contributed by atoms with van der Waals surface area (Å²) in [6, 6.07) is 5.97. The number of fused-ring (bicyclic) bond motifs is 1. The fraction of sp³-hybridized carbons (Fsp3) is 0.286. The molecule has 0 aliphatic carbocycles. The van der Waals surface area contributed by atoms with Gasteiger partial charge in [-0.15, -0.1) is 11.3 Å². The minimum atomic E-state index is 0.304. The van der Waals surface area contributed by atoms with Crippen LogP contribution >= 0.6 is 11.3 Å². The van der Waals surface area contributed by atoms with Crippen LogP contribution in [0.5, 0.6) is 0 Å². The van der Waals surface area contributed by atoms with E-state index in [0.29, 0.717) is 5.92 Å². The number of nitrogens with one attached hydrogen (secondary N) is 1. The molecule has 0 saturated heterocycles. The molecule has 0 fully saturated rings. The zero-order chi connectivity index (χ0) is 13.2. The molecule has 2 aromatic heterocycles. The predicted molar refractivity (Wildman–Crippen MR) is 77.5 cm³/mol. The van der Waals surface area contributed by atoms with Crippen molar-refractivity contribution in [2.45, 2.75) is 26.3 Å². The molecule has 0 saturated carbocycles. The van der Waals surface area contributed by atoms with Gasteiger partial charge in [-0.2, -0.15) is 0 Å². The number of oxazole rings is 1. The third-order valence-corrected chi connectivity index (χ3v) is 3.49. The van der Waals surface area contributed by atoms with E-state index in [1.54, 1.807) is 11.3 Å². The van der Waals surface area contributed by atoms with Gasteiger partial charge in [-0.05, 0) is 18.2 Å². The van der Waals surface area contributed by atoms with Crippen LogP contribution in [-0.2, 0) is 6.54 Å². The highest BCUT2D eigenvalue weighted by atomic mass is 32.1. The maximum atomic E-state index is 5.69. The number of hydrogen-bond donors (Lipinski definition) is 1. The first kappa shape index (κ1) is 12.2. The molecule has 0 aliphatic heterocycles. The largest absolute Gasteiger partial charge is 0.440 e. The van der Waals surface area contributed by atoms with E-state index in [2.05, 4.69) is 29.1 Å². The fourth-order valence-corrected chi connectivity index (χ4v) is 2.38. The monoisotopic (exact) mass is 273 g/mol. The number of thiazole rings is 1. The molecule has 3 aromatic rings. The van der Waals surface area contributed by atoms with Crippen LogP contribution in [0.3, 0.4) is 0 Å². The van der Waals surface area contributed by atoms with Crippen molar-refractivity contribution in [3.05, 3.63) is 40.7 Å². The summed E-state index contributed by atoms with van der Waals surface area (Å²) in [5.74, 6) is 1.09. The van der Waals surface area contributed by atoms with Crippen molar-refractivity contribution >= 4 is 28.1 Å². The average Bonchev–Trinajstić information content (AvgIpc) is 3.04. The summed E-state index contributed by atoms with van der Waals surface area (Å²) in [5.41, 5.74) is 5.65. The highest BCUT2D eigenvalue weighted by Crippen LogP contribution is 2.23. The quantitative estimate of drug-likeness (QED) is 0.780. The van der Waals surface area contributed by atoms with Crippen molar-refractivity contribution in [3.8, 4) is 0 Å². The minimum Gasteiger partial charge on any atom is -0.440 e. The smallest absolute Gasteiger partial charge is 0.198 e. The standard InChI is InChI=1S/C14H15N3OS/c1-9(2)14-17-12-5-10(3-4-13(12)18-14)15-6-11-7-19-8-16-11/h3-5,7-9,15H,6H2,1-2H3. The Morgan fingerprint density at radius 3 is 3.00 bits per heavy atom. The zero-order valence-corrected chi connectivity index (χ0v) is 11.7. The van der Waals surface area contributed by atoms with Gasteiger partial charge >= 0.3 is 0 Å². The molecule has 2 heterocycles. The topological polar surface area (TPSA) is 51.0 Å². The Bertz CT molecular complexity index is 673. The third-order valence-electron chi connectivity index (χ3n) is 2.86. The molecule has 3 rings (SSSR count). The molecule has 1 aromatic carbocycles. The maximum absolute atomic E-state index is 5.69. The van der Waals surface area contributed by atoms with Crippen molar-refractivity contribution in [1.29, 1.82) is 0 Å². The Morgan fingerprint density at radius 1 is 1.37 bits per heavy atom. The number of benzene rings is 1. The fourth-order valence-electron chi connectivity index (χ4n) is 1.82. The first-order chi connectivity index (χ1) is 9.22. The Kier molecular flexibility index (Phi) is 3.21. The van der Waals surface area contributed by atoms with Crippen LogP contribution < -0.4 is 5.32 Å². The van der Waals surface area contributed by atoms with Gasteiger partial charge in [0.25, 0.3) is 0 Å². The molecule has 19 heavy (non-hydrogen) atoms. The normalized spacial score (nSPS) is 11.3. The SMILES string of the molecule is CC(C)c1nc2cc(NCc3cscn3)ccc2o1. The molecule has 98 valence electrons. The van der Waals surface area contributed by atoms with Gasteiger partial charge in [-0.3, -0.25) is 0 Å². The van der Waals surface area contributed by atoms with Crippen LogP contribution in [0.4, 0.5) is 5.69 Å². The summed E-state index contributed by atoms with van der Waals surface area (Å²) in [6.45, 7) is 4.88. The number of anilines is 1. The first-order valence-electron chi connectivity index (χ1n) is 6.24. The van der Waals surface area contributed by atoms with Crippen LogP contribution in [0.1, 0.15) is 31.4 Å². The molecule has 0 radical (unpaired) electrons. The molecular weight excluding hydrogens is 258 g/mol. The minimum absolute atomic E-state index is 0.304. The van der Waals surface area contributed by atoms with Crippen molar-refractivity contribution in [2.24, 2.45) is 0 Å². The second kappa shape index (κ2) is 5.01. The average molecular weight is 273 g/mol. The van der Waals surface area contributed by atoms with Crippen LogP contribution in [-0.4, -0.2) is 9.97 Å². The summed E-state index contributed by atoms with van der Waals surface area (Å²) in [5, 5.41) is 5.38. The maximum Gasteiger partial charge on any atom is 0.198 e. The molecule has 5 heteroatoms. The second-order valence-electron chi connectivity index (χ2n) is 4.72. The lowest BCUT2D eigenvalue weighted by Crippen LogP contribution is -1.99. The summed E-state index contributed by atoms with van der Waals surface area (Å²) in [6.07, 6.45) is 0. The van der Waals surface area contributed by atoms with Gasteiger partial charge in [-0.1, -0.05) is 13.8 Å². The summed E-state index contributed by atoms with van der Waals surface area (Å²) in [7, 11) is 0. The number of nitrogens with zero attached hydrogens (tertiary/aromatic N) is 2. The van der Waals surface area contributed by atoms with E-state index in [0.717, 1.165) is 34.9 Å². The zero-order valence-electron chi connectivity index (χ0n) is 10.9. The van der Waals surface area contributed by atoms with Gasteiger partial charge in [0.1, 0.15) is 5.52 Å². The lowest BCUT2D eigenvalue weighted by atomic mass is 10.2. The lowest BCUT2D eigenvalue weighted by molar-refractivity contribution is 0.501. The van der Waals surface area contributed by atoms with Crippen LogP contribution in [0.25, 0.3) is 11.1 Å². The Labute approximate surface area is 115 Å². The highest BCUT2D eigenvalue weighted by Gasteiger charge is 2.09. The number of rotatable bonds is 4. The molecule has 0 aliphatic rings. The molecule has 0 spiro atoms. The highest BCUT2D eigenvalue weighted by molar-refractivity contribution is 7.07. The van der Waals surface area contributed by atoms with E-state index >= 15 is 0 Å². The molecule has 0 atom stereocenters. The lowest BCUT2D eigenvalue weighted by Gasteiger charge is -2.03. The van der Waals surface area contributed by atoms with Gasteiger partial charge < -0.3 is 9.73 Å². The van der Waals surface area contributed by atoms with E-state index in [4.69, 9.17) is 4.42 Å².